The van der Waals surface area contributed by atoms with Crippen LogP contribution >= 0.6 is 0 Å². The molecule has 0 spiro atoms. The fourth-order valence-corrected chi connectivity index (χ4v) is 2.92. The summed E-state index contributed by atoms with van der Waals surface area (Å²) in [6.07, 6.45) is 4.89. The van der Waals surface area contributed by atoms with Crippen molar-refractivity contribution in [3.8, 4) is 0 Å². The number of carboxylic acids is 1. The minimum atomic E-state index is -1.13. The Morgan fingerprint density at radius 2 is 2.10 bits per heavy atom. The van der Waals surface area contributed by atoms with Crippen LogP contribution in [-0.4, -0.2) is 32.3 Å². The summed E-state index contributed by atoms with van der Waals surface area (Å²) in [5.41, 5.74) is 0.0312. The van der Waals surface area contributed by atoms with Crippen molar-refractivity contribution in [3.63, 3.8) is 0 Å². The Morgan fingerprint density at radius 1 is 1.48 bits per heavy atom. The molecule has 0 unspecified atom stereocenters. The monoisotopic (exact) mass is 293 g/mol. The maximum absolute atomic E-state index is 12.5. The van der Waals surface area contributed by atoms with E-state index in [-0.39, 0.29) is 5.91 Å². The van der Waals surface area contributed by atoms with Gasteiger partial charge < -0.3 is 10.4 Å². The molecule has 2 rings (SSSR count). The number of aryl methyl sites for hydroxylation is 2. The molecule has 1 heterocycles. The molecule has 0 aromatic carbocycles. The molecule has 1 amide bonds. The Bertz CT molecular complexity index is 542. The molecule has 1 aliphatic carbocycles. The summed E-state index contributed by atoms with van der Waals surface area (Å²) in [6, 6.07) is 0. The Balaban J connectivity index is 2.21. The highest BCUT2D eigenvalue weighted by Crippen LogP contribution is 2.32. The van der Waals surface area contributed by atoms with Crippen LogP contribution in [0.2, 0.25) is 0 Å². The molecule has 1 aliphatic rings. The molecule has 21 heavy (non-hydrogen) atoms. The molecule has 0 bridgehead atoms. The second-order valence-electron chi connectivity index (χ2n) is 6.04. The number of rotatable bonds is 4. The summed E-state index contributed by atoms with van der Waals surface area (Å²) in [6.45, 7) is 4.04. The van der Waals surface area contributed by atoms with Crippen LogP contribution in [0.3, 0.4) is 0 Å². The van der Waals surface area contributed by atoms with Crippen LogP contribution in [0.25, 0.3) is 0 Å². The molecule has 6 heteroatoms. The Morgan fingerprint density at radius 3 is 2.62 bits per heavy atom. The van der Waals surface area contributed by atoms with E-state index in [9.17, 15) is 14.7 Å². The lowest BCUT2D eigenvalue weighted by Gasteiger charge is -2.36. The van der Waals surface area contributed by atoms with Crippen molar-refractivity contribution in [1.29, 1.82) is 0 Å². The van der Waals surface area contributed by atoms with Gasteiger partial charge in [-0.15, -0.1) is 0 Å². The SMILES string of the molecule is CCc1nn(C)cc1C(=O)NC1(C(=O)O)CCC(C)CC1. The minimum Gasteiger partial charge on any atom is -0.480 e. The predicted molar refractivity (Wildman–Crippen MR) is 78.1 cm³/mol. The van der Waals surface area contributed by atoms with Crippen molar-refractivity contribution in [2.45, 2.75) is 51.5 Å². The maximum Gasteiger partial charge on any atom is 0.329 e. The fraction of sp³-hybridized carbons (Fsp3) is 0.667. The van der Waals surface area contributed by atoms with Crippen LogP contribution in [0, 0.1) is 5.92 Å². The molecule has 1 aromatic rings. The summed E-state index contributed by atoms with van der Waals surface area (Å²) in [7, 11) is 1.76. The van der Waals surface area contributed by atoms with Gasteiger partial charge in [0, 0.05) is 13.2 Å². The highest BCUT2D eigenvalue weighted by Gasteiger charge is 2.42. The zero-order valence-electron chi connectivity index (χ0n) is 12.8. The van der Waals surface area contributed by atoms with E-state index in [0.717, 1.165) is 12.8 Å². The summed E-state index contributed by atoms with van der Waals surface area (Å²) in [4.78, 5) is 24.1. The lowest BCUT2D eigenvalue weighted by Crippen LogP contribution is -2.56. The topological polar surface area (TPSA) is 84.2 Å². The van der Waals surface area contributed by atoms with Crippen molar-refractivity contribution in [2.24, 2.45) is 13.0 Å². The number of nitrogens with one attached hydrogen (secondary N) is 1. The molecule has 0 radical (unpaired) electrons. The van der Waals surface area contributed by atoms with E-state index in [1.54, 1.807) is 17.9 Å². The fourth-order valence-electron chi connectivity index (χ4n) is 2.92. The normalized spacial score (nSPS) is 25.6. The molecule has 2 N–H and O–H groups in total. The molecular formula is C15H23N3O3. The van der Waals surface area contributed by atoms with Crippen molar-refractivity contribution >= 4 is 11.9 Å². The van der Waals surface area contributed by atoms with Crippen molar-refractivity contribution in [2.75, 3.05) is 0 Å². The van der Waals surface area contributed by atoms with Crippen LogP contribution < -0.4 is 5.32 Å². The van der Waals surface area contributed by atoms with Crippen LogP contribution in [0.1, 0.15) is 55.6 Å². The Kier molecular flexibility index (Phi) is 4.34. The van der Waals surface area contributed by atoms with Crippen LogP contribution in [0.4, 0.5) is 0 Å². The third-order valence-corrected chi connectivity index (χ3v) is 4.37. The smallest absolute Gasteiger partial charge is 0.329 e. The van der Waals surface area contributed by atoms with Gasteiger partial charge in [-0.2, -0.15) is 5.10 Å². The summed E-state index contributed by atoms with van der Waals surface area (Å²) in [5.74, 6) is -0.763. The average Bonchev–Trinajstić information content (AvgIpc) is 2.82. The quantitative estimate of drug-likeness (QED) is 0.885. The van der Waals surface area contributed by atoms with E-state index >= 15 is 0 Å². The van der Waals surface area contributed by atoms with Gasteiger partial charge in [0.1, 0.15) is 5.54 Å². The lowest BCUT2D eigenvalue weighted by atomic mass is 9.77. The van der Waals surface area contributed by atoms with Gasteiger partial charge in [0.05, 0.1) is 11.3 Å². The van der Waals surface area contributed by atoms with E-state index in [0.29, 0.717) is 36.4 Å². The number of amides is 1. The molecule has 0 atom stereocenters. The standard InChI is InChI=1S/C15H23N3O3/c1-4-12-11(9-18(3)17-12)13(19)16-15(14(20)21)7-5-10(2)6-8-15/h9-10H,4-8H2,1-3H3,(H,16,19)(H,20,21). The van der Waals surface area contributed by atoms with E-state index in [1.807, 2.05) is 6.92 Å². The number of aliphatic carboxylic acids is 1. The molecule has 1 aromatic heterocycles. The lowest BCUT2D eigenvalue weighted by molar-refractivity contribution is -0.146. The van der Waals surface area contributed by atoms with Gasteiger partial charge in [-0.05, 0) is 38.0 Å². The second-order valence-corrected chi connectivity index (χ2v) is 6.04. The van der Waals surface area contributed by atoms with Gasteiger partial charge in [-0.1, -0.05) is 13.8 Å². The van der Waals surface area contributed by atoms with Crippen molar-refractivity contribution < 1.29 is 14.7 Å². The summed E-state index contributed by atoms with van der Waals surface area (Å²) in [5, 5.41) is 16.6. The van der Waals surface area contributed by atoms with E-state index in [2.05, 4.69) is 17.3 Å². The van der Waals surface area contributed by atoms with E-state index < -0.39 is 11.5 Å². The predicted octanol–water partition coefficient (Wildman–Crippen LogP) is 1.75. The van der Waals surface area contributed by atoms with Crippen LogP contribution in [0.15, 0.2) is 6.20 Å². The molecular weight excluding hydrogens is 270 g/mol. The molecule has 116 valence electrons. The zero-order valence-corrected chi connectivity index (χ0v) is 12.8. The number of carboxylic acid groups (broad SMARTS) is 1. The molecule has 0 aliphatic heterocycles. The van der Waals surface area contributed by atoms with Gasteiger partial charge >= 0.3 is 5.97 Å². The van der Waals surface area contributed by atoms with E-state index in [1.165, 1.54) is 0 Å². The molecule has 1 saturated carbocycles. The Labute approximate surface area is 124 Å². The average molecular weight is 293 g/mol. The minimum absolute atomic E-state index is 0.336. The van der Waals surface area contributed by atoms with Gasteiger partial charge in [-0.25, -0.2) is 4.79 Å². The van der Waals surface area contributed by atoms with Gasteiger partial charge in [0.2, 0.25) is 0 Å². The molecule has 6 nitrogen and oxygen atoms in total. The first-order valence-electron chi connectivity index (χ1n) is 7.46. The third-order valence-electron chi connectivity index (χ3n) is 4.37. The van der Waals surface area contributed by atoms with Gasteiger partial charge in [0.15, 0.2) is 0 Å². The van der Waals surface area contributed by atoms with Gasteiger partial charge in [0.25, 0.3) is 5.91 Å². The number of hydrogen-bond acceptors (Lipinski definition) is 3. The highest BCUT2D eigenvalue weighted by atomic mass is 16.4. The van der Waals surface area contributed by atoms with Gasteiger partial charge in [-0.3, -0.25) is 9.48 Å². The number of hydrogen-bond donors (Lipinski definition) is 2. The summed E-state index contributed by atoms with van der Waals surface area (Å²) >= 11 is 0. The number of nitrogens with zero attached hydrogens (tertiary/aromatic N) is 2. The van der Waals surface area contributed by atoms with Crippen molar-refractivity contribution in [1.82, 2.24) is 15.1 Å². The van der Waals surface area contributed by atoms with E-state index in [4.69, 9.17) is 0 Å². The first-order chi connectivity index (χ1) is 9.88. The number of carbonyl (C=O) groups is 2. The number of carbonyl (C=O) groups excluding carboxylic acids is 1. The molecule has 1 fully saturated rings. The number of aromatic nitrogens is 2. The highest BCUT2D eigenvalue weighted by molar-refractivity contribution is 5.98. The van der Waals surface area contributed by atoms with Crippen LogP contribution in [-0.2, 0) is 18.3 Å². The third kappa shape index (κ3) is 3.09. The molecule has 0 saturated heterocycles. The maximum atomic E-state index is 12.5. The first kappa shape index (κ1) is 15.5. The largest absolute Gasteiger partial charge is 0.480 e. The van der Waals surface area contributed by atoms with Crippen LogP contribution in [0.5, 0.6) is 0 Å². The second kappa shape index (κ2) is 5.87. The summed E-state index contributed by atoms with van der Waals surface area (Å²) < 4.78 is 1.59. The van der Waals surface area contributed by atoms with Crippen molar-refractivity contribution in [3.05, 3.63) is 17.5 Å². The Hall–Kier alpha value is -1.85. The zero-order chi connectivity index (χ0) is 15.6. The first-order valence-corrected chi connectivity index (χ1v) is 7.46.